The van der Waals surface area contributed by atoms with Crippen molar-refractivity contribution in [2.45, 2.75) is 25.9 Å². The van der Waals surface area contributed by atoms with Crippen LogP contribution in [0.25, 0.3) is 0 Å². The third-order valence-corrected chi connectivity index (χ3v) is 3.14. The molecule has 5 heteroatoms. The molecule has 1 aliphatic heterocycles. The van der Waals surface area contributed by atoms with Crippen LogP contribution in [-0.2, 0) is 17.8 Å². The summed E-state index contributed by atoms with van der Waals surface area (Å²) in [5, 5.41) is 0. The number of hydrogen-bond acceptors (Lipinski definition) is 4. The molecular weight excluding hydrogens is 233 g/mol. The third-order valence-electron chi connectivity index (χ3n) is 3.14. The van der Waals surface area contributed by atoms with Gasteiger partial charge in [0.25, 0.3) is 0 Å². The Morgan fingerprint density at radius 2 is 2.28 bits per heavy atom. The van der Waals surface area contributed by atoms with Crippen LogP contribution in [0.2, 0.25) is 0 Å². The number of rotatable bonds is 4. The molecule has 1 aliphatic rings. The molecule has 4 N–H and O–H groups in total. The molecule has 0 fully saturated rings. The summed E-state index contributed by atoms with van der Waals surface area (Å²) in [5.41, 5.74) is 14.2. The molecule has 0 saturated heterocycles. The number of aldehydes is 1. The van der Waals surface area contributed by atoms with Crippen LogP contribution < -0.4 is 16.6 Å². The minimum absolute atomic E-state index is 0.283. The van der Waals surface area contributed by atoms with Gasteiger partial charge in [-0.1, -0.05) is 12.1 Å². The Bertz CT molecular complexity index is 499. The van der Waals surface area contributed by atoms with Crippen LogP contribution in [0.3, 0.4) is 0 Å². The van der Waals surface area contributed by atoms with Crippen molar-refractivity contribution in [1.82, 2.24) is 10.9 Å². The van der Waals surface area contributed by atoms with Crippen molar-refractivity contribution < 1.29 is 9.18 Å². The Labute approximate surface area is 105 Å². The van der Waals surface area contributed by atoms with Gasteiger partial charge in [-0.3, -0.25) is 0 Å². The van der Waals surface area contributed by atoms with Crippen molar-refractivity contribution in [1.29, 1.82) is 0 Å². The molecule has 1 heterocycles. The fraction of sp³-hybridized carbons (Fsp3) is 0.308. The third kappa shape index (κ3) is 2.42. The Kier molecular flexibility index (Phi) is 3.74. The lowest BCUT2D eigenvalue weighted by atomic mass is 9.98. The highest BCUT2D eigenvalue weighted by Gasteiger charge is 2.22. The van der Waals surface area contributed by atoms with E-state index in [-0.39, 0.29) is 5.82 Å². The van der Waals surface area contributed by atoms with Crippen LogP contribution in [0, 0.1) is 5.82 Å². The highest BCUT2D eigenvalue weighted by Crippen LogP contribution is 2.20. The fourth-order valence-electron chi connectivity index (χ4n) is 2.01. The predicted octanol–water partition coefficient (Wildman–Crippen LogP) is 0.776. The molecule has 0 amide bonds. The van der Waals surface area contributed by atoms with E-state index in [4.69, 9.17) is 5.73 Å². The van der Waals surface area contributed by atoms with Gasteiger partial charge in [0.2, 0.25) is 0 Å². The molecule has 96 valence electrons. The molecule has 18 heavy (non-hydrogen) atoms. The average molecular weight is 249 g/mol. The van der Waals surface area contributed by atoms with E-state index in [1.807, 2.05) is 6.92 Å². The Balaban J connectivity index is 2.24. The largest absolute Gasteiger partial charge is 0.326 e. The van der Waals surface area contributed by atoms with Crippen LogP contribution in [0.5, 0.6) is 0 Å². The SMILES string of the molecule is CC1=C(Cc2ccc(CN)cc2F)C(C=O)NN1. The number of hydrogen-bond donors (Lipinski definition) is 3. The second-order valence-electron chi connectivity index (χ2n) is 4.34. The van der Waals surface area contributed by atoms with E-state index < -0.39 is 6.04 Å². The predicted molar refractivity (Wildman–Crippen MR) is 66.8 cm³/mol. The van der Waals surface area contributed by atoms with E-state index in [0.29, 0.717) is 18.5 Å². The fourth-order valence-corrected chi connectivity index (χ4v) is 2.01. The quantitative estimate of drug-likeness (QED) is 0.690. The van der Waals surface area contributed by atoms with Gasteiger partial charge >= 0.3 is 0 Å². The number of nitrogens with one attached hydrogen (secondary N) is 2. The molecule has 0 aromatic heterocycles. The second-order valence-corrected chi connectivity index (χ2v) is 4.34. The molecule has 4 nitrogen and oxygen atoms in total. The molecule has 1 unspecified atom stereocenters. The van der Waals surface area contributed by atoms with Gasteiger partial charge in [-0.05, 0) is 29.7 Å². The van der Waals surface area contributed by atoms with Crippen molar-refractivity contribution in [3.05, 3.63) is 46.4 Å². The van der Waals surface area contributed by atoms with Gasteiger partial charge in [0, 0.05) is 18.7 Å². The first-order valence-corrected chi connectivity index (χ1v) is 5.79. The maximum absolute atomic E-state index is 13.8. The van der Waals surface area contributed by atoms with Gasteiger partial charge in [0.05, 0.1) is 0 Å². The number of halogens is 1. The van der Waals surface area contributed by atoms with Gasteiger partial charge in [-0.25, -0.2) is 9.82 Å². The molecule has 1 aromatic carbocycles. The minimum atomic E-state index is -0.390. The molecule has 0 spiro atoms. The number of benzene rings is 1. The Hall–Kier alpha value is -1.72. The monoisotopic (exact) mass is 249 g/mol. The molecule has 1 aromatic rings. The van der Waals surface area contributed by atoms with E-state index in [0.717, 1.165) is 23.1 Å². The van der Waals surface area contributed by atoms with Crippen LogP contribution >= 0.6 is 0 Å². The highest BCUT2D eigenvalue weighted by atomic mass is 19.1. The number of nitrogens with two attached hydrogens (primary N) is 1. The highest BCUT2D eigenvalue weighted by molar-refractivity contribution is 5.65. The van der Waals surface area contributed by atoms with Crippen LogP contribution in [0.1, 0.15) is 18.1 Å². The maximum atomic E-state index is 13.8. The summed E-state index contributed by atoms with van der Waals surface area (Å²) in [4.78, 5) is 10.9. The lowest BCUT2D eigenvalue weighted by Crippen LogP contribution is -2.33. The summed E-state index contributed by atoms with van der Waals surface area (Å²) in [5.74, 6) is -0.283. The number of carbonyl (C=O) groups excluding carboxylic acids is 1. The van der Waals surface area contributed by atoms with Gasteiger partial charge in [-0.2, -0.15) is 0 Å². The minimum Gasteiger partial charge on any atom is -0.326 e. The zero-order valence-electron chi connectivity index (χ0n) is 10.2. The Morgan fingerprint density at radius 1 is 1.50 bits per heavy atom. The number of hydrazine groups is 1. The van der Waals surface area contributed by atoms with E-state index in [9.17, 15) is 9.18 Å². The summed E-state index contributed by atoms with van der Waals surface area (Å²) in [6, 6.07) is 4.58. The first-order chi connectivity index (χ1) is 8.65. The first kappa shape index (κ1) is 12.7. The van der Waals surface area contributed by atoms with Crippen molar-refractivity contribution in [3.8, 4) is 0 Å². The summed E-state index contributed by atoms with van der Waals surface area (Å²) in [6.45, 7) is 2.18. The summed E-state index contributed by atoms with van der Waals surface area (Å²) in [6.07, 6.45) is 1.22. The molecule has 2 rings (SSSR count). The van der Waals surface area contributed by atoms with Crippen molar-refractivity contribution in [2.24, 2.45) is 5.73 Å². The summed E-state index contributed by atoms with van der Waals surface area (Å²) < 4.78 is 13.8. The van der Waals surface area contributed by atoms with E-state index in [2.05, 4.69) is 10.9 Å². The molecule has 0 saturated carbocycles. The molecule has 1 atom stereocenters. The zero-order valence-corrected chi connectivity index (χ0v) is 10.2. The number of carbonyl (C=O) groups is 1. The topological polar surface area (TPSA) is 67.2 Å². The van der Waals surface area contributed by atoms with Crippen molar-refractivity contribution in [2.75, 3.05) is 0 Å². The van der Waals surface area contributed by atoms with E-state index in [1.54, 1.807) is 12.1 Å². The lowest BCUT2D eigenvalue weighted by Gasteiger charge is -2.09. The lowest BCUT2D eigenvalue weighted by molar-refractivity contribution is -0.108. The van der Waals surface area contributed by atoms with Gasteiger partial charge in [0.1, 0.15) is 18.1 Å². The first-order valence-electron chi connectivity index (χ1n) is 5.79. The standard InChI is InChI=1S/C13H16FN3O/c1-8-11(13(7-18)17-16-8)5-10-3-2-9(6-15)4-12(10)14/h2-4,7,13,16-17H,5-6,15H2,1H3. The number of allylic oxidation sites excluding steroid dienone is 1. The average Bonchev–Trinajstić information content (AvgIpc) is 2.73. The smallest absolute Gasteiger partial charge is 0.142 e. The molecule has 0 radical (unpaired) electrons. The maximum Gasteiger partial charge on any atom is 0.142 e. The molecular formula is C13H16FN3O. The van der Waals surface area contributed by atoms with Gasteiger partial charge in [-0.15, -0.1) is 0 Å². The summed E-state index contributed by atoms with van der Waals surface area (Å²) in [7, 11) is 0. The van der Waals surface area contributed by atoms with Crippen LogP contribution in [-0.4, -0.2) is 12.3 Å². The van der Waals surface area contributed by atoms with Gasteiger partial charge in [0.15, 0.2) is 0 Å². The van der Waals surface area contributed by atoms with E-state index >= 15 is 0 Å². The second kappa shape index (κ2) is 5.29. The van der Waals surface area contributed by atoms with Crippen molar-refractivity contribution >= 4 is 6.29 Å². The summed E-state index contributed by atoms with van der Waals surface area (Å²) >= 11 is 0. The van der Waals surface area contributed by atoms with E-state index in [1.165, 1.54) is 6.07 Å². The van der Waals surface area contributed by atoms with Crippen LogP contribution in [0.4, 0.5) is 4.39 Å². The molecule has 0 aliphatic carbocycles. The zero-order chi connectivity index (χ0) is 13.1. The Morgan fingerprint density at radius 3 is 2.89 bits per heavy atom. The molecule has 0 bridgehead atoms. The normalized spacial score (nSPS) is 18.9. The van der Waals surface area contributed by atoms with Crippen LogP contribution in [0.15, 0.2) is 29.5 Å². The van der Waals surface area contributed by atoms with Gasteiger partial charge < -0.3 is 16.0 Å². The van der Waals surface area contributed by atoms with Crippen molar-refractivity contribution in [3.63, 3.8) is 0 Å².